The van der Waals surface area contributed by atoms with E-state index < -0.39 is 10.0 Å². The molecule has 2 heterocycles. The molecule has 0 amide bonds. The molecule has 0 bridgehead atoms. The van der Waals surface area contributed by atoms with Gasteiger partial charge in [0, 0.05) is 18.6 Å². The van der Waals surface area contributed by atoms with Gasteiger partial charge in [0.15, 0.2) is 0 Å². The van der Waals surface area contributed by atoms with Gasteiger partial charge in [-0.2, -0.15) is 4.31 Å². The first-order valence-electron chi connectivity index (χ1n) is 7.95. The Balaban J connectivity index is 1.87. The minimum absolute atomic E-state index is 0.111. The van der Waals surface area contributed by atoms with Crippen LogP contribution >= 0.6 is 0 Å². The number of piperidine rings is 1. The molecule has 0 aromatic heterocycles. The molecule has 6 heteroatoms. The molecule has 5 nitrogen and oxygen atoms in total. The van der Waals surface area contributed by atoms with Gasteiger partial charge < -0.3 is 5.73 Å². The van der Waals surface area contributed by atoms with Gasteiger partial charge in [0.05, 0.1) is 12.4 Å². The van der Waals surface area contributed by atoms with E-state index in [2.05, 4.69) is 5.32 Å². The third-order valence-electron chi connectivity index (χ3n) is 4.61. The Bertz CT molecular complexity index is 399. The molecule has 0 aromatic rings. The van der Waals surface area contributed by atoms with Crippen LogP contribution in [0, 0.1) is 0 Å². The highest BCUT2D eigenvalue weighted by atomic mass is 32.2. The van der Waals surface area contributed by atoms with E-state index in [1.807, 2.05) is 0 Å². The minimum Gasteiger partial charge on any atom is -0.316 e. The summed E-state index contributed by atoms with van der Waals surface area (Å²) in [5.41, 5.74) is 6.01. The van der Waals surface area contributed by atoms with Crippen molar-refractivity contribution in [3.8, 4) is 0 Å². The van der Waals surface area contributed by atoms with Crippen molar-refractivity contribution in [3.63, 3.8) is 0 Å². The monoisotopic (exact) mass is 303 g/mol. The van der Waals surface area contributed by atoms with Crippen LogP contribution in [0.2, 0.25) is 0 Å². The molecule has 0 spiro atoms. The quantitative estimate of drug-likeness (QED) is 0.823. The lowest BCUT2D eigenvalue weighted by molar-refractivity contribution is 0.229. The maximum Gasteiger partial charge on any atom is 0.211 e. The molecule has 2 rings (SSSR count). The summed E-state index contributed by atoms with van der Waals surface area (Å²) in [6.07, 6.45) is 11.2. The standard InChI is InChI=1S/C14H29N3O2S/c1-20(18,19)17-11-5-4-7-13(17)10-9-12-6-2-3-8-14(15)16-12/h12-14,16H,2-11,15H2,1H3. The molecule has 0 saturated carbocycles. The molecule has 3 atom stereocenters. The molecule has 2 saturated heterocycles. The zero-order valence-electron chi connectivity index (χ0n) is 12.6. The zero-order chi connectivity index (χ0) is 14.6. The third-order valence-corrected chi connectivity index (χ3v) is 5.95. The fourth-order valence-corrected chi connectivity index (χ4v) is 4.76. The fraction of sp³-hybridized carbons (Fsp3) is 1.00. The van der Waals surface area contributed by atoms with Crippen LogP contribution in [0.5, 0.6) is 0 Å². The number of rotatable bonds is 4. The number of hydrogen-bond donors (Lipinski definition) is 2. The van der Waals surface area contributed by atoms with Gasteiger partial charge in [-0.3, -0.25) is 5.32 Å². The van der Waals surface area contributed by atoms with E-state index in [4.69, 9.17) is 5.73 Å². The lowest BCUT2D eigenvalue weighted by Crippen LogP contribution is -2.45. The van der Waals surface area contributed by atoms with E-state index in [1.54, 1.807) is 4.31 Å². The Kier molecular flexibility index (Phi) is 5.84. The van der Waals surface area contributed by atoms with Crippen LogP contribution in [0.4, 0.5) is 0 Å². The van der Waals surface area contributed by atoms with E-state index in [0.29, 0.717) is 12.6 Å². The van der Waals surface area contributed by atoms with Gasteiger partial charge in [-0.1, -0.05) is 19.3 Å². The molecule has 2 aliphatic rings. The SMILES string of the molecule is CS(=O)(=O)N1CCCCC1CCC1CCCCC(N)N1. The zero-order valence-corrected chi connectivity index (χ0v) is 13.4. The molecular weight excluding hydrogens is 274 g/mol. The van der Waals surface area contributed by atoms with Gasteiger partial charge in [-0.15, -0.1) is 0 Å². The lowest BCUT2D eigenvalue weighted by Gasteiger charge is -2.34. The summed E-state index contributed by atoms with van der Waals surface area (Å²) in [6.45, 7) is 0.696. The number of nitrogens with two attached hydrogens (primary N) is 1. The largest absolute Gasteiger partial charge is 0.316 e. The molecule has 0 aromatic carbocycles. The van der Waals surface area contributed by atoms with Crippen LogP contribution in [-0.2, 0) is 10.0 Å². The summed E-state index contributed by atoms with van der Waals surface area (Å²) in [4.78, 5) is 0. The Hall–Kier alpha value is -0.170. The first kappa shape index (κ1) is 16.2. The van der Waals surface area contributed by atoms with Crippen LogP contribution in [-0.4, -0.2) is 43.8 Å². The number of sulfonamides is 1. The Labute approximate surface area is 123 Å². The highest BCUT2D eigenvalue weighted by molar-refractivity contribution is 7.88. The Morgan fingerprint density at radius 3 is 2.55 bits per heavy atom. The van der Waals surface area contributed by atoms with Gasteiger partial charge >= 0.3 is 0 Å². The van der Waals surface area contributed by atoms with Crippen molar-refractivity contribution in [2.45, 2.75) is 76.0 Å². The normalized spacial score (nSPS) is 33.8. The predicted molar refractivity (Wildman–Crippen MR) is 81.8 cm³/mol. The summed E-state index contributed by atoms with van der Waals surface area (Å²) in [6, 6.07) is 0.649. The first-order chi connectivity index (χ1) is 9.47. The molecule has 118 valence electrons. The van der Waals surface area contributed by atoms with E-state index in [1.165, 1.54) is 25.5 Å². The fourth-order valence-electron chi connectivity index (χ4n) is 3.54. The topological polar surface area (TPSA) is 75.4 Å². The molecule has 3 N–H and O–H groups in total. The van der Waals surface area contributed by atoms with Crippen molar-refractivity contribution in [3.05, 3.63) is 0 Å². The van der Waals surface area contributed by atoms with Crippen molar-refractivity contribution in [1.82, 2.24) is 9.62 Å². The average molecular weight is 303 g/mol. The van der Waals surface area contributed by atoms with E-state index >= 15 is 0 Å². The maximum atomic E-state index is 11.8. The maximum absolute atomic E-state index is 11.8. The third kappa shape index (κ3) is 4.69. The second kappa shape index (κ2) is 7.20. The summed E-state index contributed by atoms with van der Waals surface area (Å²) in [5.74, 6) is 0. The number of nitrogens with one attached hydrogen (secondary N) is 1. The van der Waals surface area contributed by atoms with Crippen molar-refractivity contribution in [2.24, 2.45) is 5.73 Å². The summed E-state index contributed by atoms with van der Waals surface area (Å²) in [7, 11) is -3.06. The molecular formula is C14H29N3O2S. The molecule has 0 aliphatic carbocycles. The van der Waals surface area contributed by atoms with Crippen molar-refractivity contribution < 1.29 is 8.42 Å². The van der Waals surface area contributed by atoms with Crippen LogP contribution in [0.3, 0.4) is 0 Å². The smallest absolute Gasteiger partial charge is 0.211 e. The van der Waals surface area contributed by atoms with E-state index in [0.717, 1.165) is 38.5 Å². The Morgan fingerprint density at radius 1 is 1.10 bits per heavy atom. The second-order valence-electron chi connectivity index (χ2n) is 6.36. The first-order valence-corrected chi connectivity index (χ1v) is 9.80. The number of nitrogens with zero attached hydrogens (tertiary/aromatic N) is 1. The summed E-state index contributed by atoms with van der Waals surface area (Å²) < 4.78 is 25.4. The molecule has 0 radical (unpaired) electrons. The van der Waals surface area contributed by atoms with Gasteiger partial charge in [0.25, 0.3) is 0 Å². The highest BCUT2D eigenvalue weighted by Gasteiger charge is 2.29. The molecule has 3 unspecified atom stereocenters. The molecule has 2 aliphatic heterocycles. The summed E-state index contributed by atoms with van der Waals surface area (Å²) in [5, 5.41) is 3.48. The van der Waals surface area contributed by atoms with Crippen molar-refractivity contribution in [2.75, 3.05) is 12.8 Å². The summed E-state index contributed by atoms with van der Waals surface area (Å²) >= 11 is 0. The highest BCUT2D eigenvalue weighted by Crippen LogP contribution is 2.25. The van der Waals surface area contributed by atoms with Crippen LogP contribution in [0.25, 0.3) is 0 Å². The van der Waals surface area contributed by atoms with Crippen LogP contribution < -0.4 is 11.1 Å². The van der Waals surface area contributed by atoms with E-state index in [9.17, 15) is 8.42 Å². The number of hydrogen-bond acceptors (Lipinski definition) is 4. The average Bonchev–Trinajstić information content (AvgIpc) is 2.60. The van der Waals surface area contributed by atoms with Crippen molar-refractivity contribution in [1.29, 1.82) is 0 Å². The van der Waals surface area contributed by atoms with Crippen LogP contribution in [0.15, 0.2) is 0 Å². The Morgan fingerprint density at radius 2 is 1.80 bits per heavy atom. The molecule has 2 fully saturated rings. The molecule has 20 heavy (non-hydrogen) atoms. The van der Waals surface area contributed by atoms with Crippen LogP contribution in [0.1, 0.15) is 57.8 Å². The van der Waals surface area contributed by atoms with E-state index in [-0.39, 0.29) is 12.2 Å². The lowest BCUT2D eigenvalue weighted by atomic mass is 9.96. The van der Waals surface area contributed by atoms with Gasteiger partial charge in [0.2, 0.25) is 10.0 Å². The van der Waals surface area contributed by atoms with Gasteiger partial charge in [-0.05, 0) is 38.5 Å². The van der Waals surface area contributed by atoms with Gasteiger partial charge in [-0.25, -0.2) is 8.42 Å². The predicted octanol–water partition coefficient (Wildman–Crippen LogP) is 1.40. The minimum atomic E-state index is -3.06. The second-order valence-corrected chi connectivity index (χ2v) is 8.29. The van der Waals surface area contributed by atoms with Crippen molar-refractivity contribution >= 4 is 10.0 Å². The van der Waals surface area contributed by atoms with Gasteiger partial charge in [0.1, 0.15) is 0 Å².